The predicted octanol–water partition coefficient (Wildman–Crippen LogP) is 1.81. The summed E-state index contributed by atoms with van der Waals surface area (Å²) in [5, 5.41) is 5.93. The van der Waals surface area contributed by atoms with Crippen LogP contribution in [0.5, 0.6) is 0 Å². The minimum atomic E-state index is -0.468. The van der Waals surface area contributed by atoms with Crippen LogP contribution in [0.25, 0.3) is 0 Å². The van der Waals surface area contributed by atoms with Crippen LogP contribution in [-0.4, -0.2) is 24.5 Å². The fraction of sp³-hybridized carbons (Fsp3) is 0.429. The molecule has 1 rings (SSSR count). The largest absolute Gasteiger partial charge is 0.389 e. The van der Waals surface area contributed by atoms with Crippen LogP contribution in [0.1, 0.15) is 25.0 Å². The Morgan fingerprint density at radius 1 is 1.42 bits per heavy atom. The Balaban J connectivity index is 2.77. The van der Waals surface area contributed by atoms with Crippen molar-refractivity contribution in [3.05, 3.63) is 29.3 Å². The van der Waals surface area contributed by atoms with E-state index in [0.29, 0.717) is 11.5 Å². The lowest BCUT2D eigenvalue weighted by Gasteiger charge is -2.23. The molecule has 1 amide bonds. The Kier molecular flexibility index (Phi) is 4.89. The van der Waals surface area contributed by atoms with Gasteiger partial charge in [-0.2, -0.15) is 0 Å². The fourth-order valence-corrected chi connectivity index (χ4v) is 2.02. The molecular weight excluding hydrogens is 258 g/mol. The van der Waals surface area contributed by atoms with E-state index in [9.17, 15) is 4.79 Å². The van der Waals surface area contributed by atoms with Gasteiger partial charge in [0.25, 0.3) is 0 Å². The Morgan fingerprint density at radius 3 is 2.53 bits per heavy atom. The first-order valence-electron chi connectivity index (χ1n) is 6.14. The van der Waals surface area contributed by atoms with Crippen molar-refractivity contribution in [1.29, 1.82) is 0 Å². The molecule has 0 heterocycles. The van der Waals surface area contributed by atoms with Crippen molar-refractivity contribution in [2.45, 2.75) is 20.8 Å². The van der Waals surface area contributed by atoms with Gasteiger partial charge in [-0.25, -0.2) is 0 Å². The van der Waals surface area contributed by atoms with Gasteiger partial charge in [0.2, 0.25) is 5.91 Å². The van der Waals surface area contributed by atoms with Crippen molar-refractivity contribution in [3.63, 3.8) is 0 Å². The molecule has 5 heteroatoms. The monoisotopic (exact) mass is 279 g/mol. The van der Waals surface area contributed by atoms with E-state index in [0.717, 1.165) is 16.8 Å². The van der Waals surface area contributed by atoms with Crippen molar-refractivity contribution in [2.75, 3.05) is 18.9 Å². The summed E-state index contributed by atoms with van der Waals surface area (Å²) in [5.41, 5.74) is 8.01. The molecule has 1 aromatic rings. The van der Waals surface area contributed by atoms with Gasteiger partial charge in [-0.15, -0.1) is 0 Å². The molecule has 0 aliphatic carbocycles. The van der Waals surface area contributed by atoms with Crippen molar-refractivity contribution in [1.82, 2.24) is 5.32 Å². The van der Waals surface area contributed by atoms with Crippen molar-refractivity contribution in [2.24, 2.45) is 11.1 Å². The van der Waals surface area contributed by atoms with Crippen LogP contribution in [0.4, 0.5) is 5.69 Å². The van der Waals surface area contributed by atoms with Crippen LogP contribution in [0.15, 0.2) is 18.2 Å². The molecule has 4 N–H and O–H groups in total. The fourth-order valence-electron chi connectivity index (χ4n) is 1.79. The second kappa shape index (κ2) is 6.02. The maximum atomic E-state index is 11.7. The van der Waals surface area contributed by atoms with Crippen molar-refractivity contribution < 1.29 is 4.79 Å². The van der Waals surface area contributed by atoms with E-state index in [-0.39, 0.29) is 5.91 Å². The number of hydrogen-bond acceptors (Lipinski definition) is 3. The predicted molar refractivity (Wildman–Crippen MR) is 83.4 cm³/mol. The second-order valence-corrected chi connectivity index (χ2v) is 5.65. The zero-order valence-corrected chi connectivity index (χ0v) is 12.6. The summed E-state index contributed by atoms with van der Waals surface area (Å²) in [6.45, 7) is 6.31. The normalized spacial score (nSPS) is 10.9. The molecule has 4 nitrogen and oxygen atoms in total. The third-order valence-corrected chi connectivity index (χ3v) is 3.29. The van der Waals surface area contributed by atoms with Crippen LogP contribution in [0.3, 0.4) is 0 Å². The highest BCUT2D eigenvalue weighted by Gasteiger charge is 2.26. The summed E-state index contributed by atoms with van der Waals surface area (Å²) in [4.78, 5) is 12.1. The summed E-state index contributed by atoms with van der Waals surface area (Å²) in [7, 11) is 1.64. The molecule has 0 fully saturated rings. The molecule has 104 valence electrons. The molecule has 0 aliphatic rings. The summed E-state index contributed by atoms with van der Waals surface area (Å²) in [5.74, 6) is 0.0106. The summed E-state index contributed by atoms with van der Waals surface area (Å²) in [6.07, 6.45) is 0. The number of carbonyl (C=O) groups is 1. The summed E-state index contributed by atoms with van der Waals surface area (Å²) >= 11 is 4.97. The number of benzene rings is 1. The van der Waals surface area contributed by atoms with Crippen molar-refractivity contribution >= 4 is 28.8 Å². The lowest BCUT2D eigenvalue weighted by molar-refractivity contribution is -0.128. The lowest BCUT2D eigenvalue weighted by atomic mass is 9.92. The molecule has 0 bridgehead atoms. The number of nitrogens with two attached hydrogens (primary N) is 1. The van der Waals surface area contributed by atoms with Gasteiger partial charge >= 0.3 is 0 Å². The molecule has 19 heavy (non-hydrogen) atoms. The average Bonchev–Trinajstić information content (AvgIpc) is 2.35. The molecule has 0 atom stereocenters. The Bertz CT molecular complexity index is 497. The van der Waals surface area contributed by atoms with Crippen LogP contribution in [-0.2, 0) is 4.79 Å². The third-order valence-electron chi connectivity index (χ3n) is 3.07. The zero-order valence-electron chi connectivity index (χ0n) is 11.8. The van der Waals surface area contributed by atoms with E-state index in [2.05, 4.69) is 10.6 Å². The maximum Gasteiger partial charge on any atom is 0.227 e. The van der Waals surface area contributed by atoms with Gasteiger partial charge in [-0.1, -0.05) is 12.2 Å². The van der Waals surface area contributed by atoms with E-state index in [1.165, 1.54) is 0 Å². The first-order valence-corrected chi connectivity index (χ1v) is 6.55. The first-order chi connectivity index (χ1) is 8.77. The lowest BCUT2D eigenvalue weighted by Crippen LogP contribution is -2.39. The molecule has 0 saturated heterocycles. The quantitative estimate of drug-likeness (QED) is 0.719. The zero-order chi connectivity index (χ0) is 14.6. The van der Waals surface area contributed by atoms with Gasteiger partial charge in [-0.3, -0.25) is 4.79 Å². The molecule has 1 aromatic carbocycles. The SMILES string of the molecule is CNC(=O)C(C)(C)CNc1ccc(C(N)=S)c(C)c1. The number of thiocarbonyl (C=S) groups is 1. The van der Waals surface area contributed by atoms with Crippen LogP contribution in [0, 0.1) is 12.3 Å². The first kappa shape index (κ1) is 15.4. The molecule has 0 unspecified atom stereocenters. The van der Waals surface area contributed by atoms with Gasteiger partial charge in [0, 0.05) is 24.8 Å². The maximum absolute atomic E-state index is 11.7. The van der Waals surface area contributed by atoms with Crippen molar-refractivity contribution in [3.8, 4) is 0 Å². The molecular formula is C14H21N3OS. The van der Waals surface area contributed by atoms with Gasteiger partial charge in [0.15, 0.2) is 0 Å². The molecule has 0 aliphatic heterocycles. The Hall–Kier alpha value is -1.62. The van der Waals surface area contributed by atoms with E-state index >= 15 is 0 Å². The van der Waals surface area contributed by atoms with Gasteiger partial charge < -0.3 is 16.4 Å². The van der Waals surface area contributed by atoms with Gasteiger partial charge in [0.1, 0.15) is 4.99 Å². The average molecular weight is 279 g/mol. The number of hydrogen-bond donors (Lipinski definition) is 3. The molecule has 0 saturated carbocycles. The third kappa shape index (κ3) is 3.92. The van der Waals surface area contributed by atoms with Crippen LogP contribution in [0.2, 0.25) is 0 Å². The molecule has 0 aromatic heterocycles. The number of rotatable bonds is 5. The highest BCUT2D eigenvalue weighted by Crippen LogP contribution is 2.19. The Labute approximate surface area is 119 Å². The minimum Gasteiger partial charge on any atom is -0.389 e. The molecule has 0 spiro atoms. The number of amides is 1. The van der Waals surface area contributed by atoms with Gasteiger partial charge in [0.05, 0.1) is 5.41 Å². The van der Waals surface area contributed by atoms with Crippen LogP contribution < -0.4 is 16.4 Å². The minimum absolute atomic E-state index is 0.0106. The van der Waals surface area contributed by atoms with E-state index < -0.39 is 5.41 Å². The van der Waals surface area contributed by atoms with E-state index in [1.807, 2.05) is 39.0 Å². The van der Waals surface area contributed by atoms with Crippen LogP contribution >= 0.6 is 12.2 Å². The highest BCUT2D eigenvalue weighted by molar-refractivity contribution is 7.80. The number of nitrogens with one attached hydrogen (secondary N) is 2. The summed E-state index contributed by atoms with van der Waals surface area (Å²) in [6, 6.07) is 5.79. The summed E-state index contributed by atoms with van der Waals surface area (Å²) < 4.78 is 0. The van der Waals surface area contributed by atoms with Gasteiger partial charge in [-0.05, 0) is 44.5 Å². The topological polar surface area (TPSA) is 67.2 Å². The number of carbonyl (C=O) groups excluding carboxylic acids is 1. The molecule has 0 radical (unpaired) electrons. The number of anilines is 1. The number of aryl methyl sites for hydroxylation is 1. The standard InChI is InChI=1S/C14H21N3OS/c1-9-7-10(5-6-11(9)12(15)19)17-8-14(2,3)13(18)16-4/h5-7,17H,8H2,1-4H3,(H2,15,19)(H,16,18). The smallest absolute Gasteiger partial charge is 0.227 e. The highest BCUT2D eigenvalue weighted by atomic mass is 32.1. The Morgan fingerprint density at radius 2 is 2.05 bits per heavy atom. The van der Waals surface area contributed by atoms with E-state index in [1.54, 1.807) is 7.05 Å². The second-order valence-electron chi connectivity index (χ2n) is 5.21. The van der Waals surface area contributed by atoms with E-state index in [4.69, 9.17) is 18.0 Å².